The van der Waals surface area contributed by atoms with Crippen molar-refractivity contribution in [3.8, 4) is 6.07 Å². The minimum absolute atomic E-state index is 0.0666. The van der Waals surface area contributed by atoms with Gasteiger partial charge in [-0.2, -0.15) is 5.26 Å². The Labute approximate surface area is 149 Å². The van der Waals surface area contributed by atoms with Crippen molar-refractivity contribution >= 4 is 29.1 Å². The molecule has 3 rings (SSSR count). The van der Waals surface area contributed by atoms with Crippen molar-refractivity contribution in [1.82, 2.24) is 0 Å². The van der Waals surface area contributed by atoms with E-state index in [1.807, 2.05) is 6.07 Å². The van der Waals surface area contributed by atoms with Crippen molar-refractivity contribution in [2.24, 2.45) is 0 Å². The van der Waals surface area contributed by atoms with Gasteiger partial charge < -0.3 is 14.7 Å². The summed E-state index contributed by atoms with van der Waals surface area (Å²) in [7, 11) is 1.24. The molecule has 0 saturated carbocycles. The number of aliphatic hydroxyl groups is 1. The minimum Gasteiger partial charge on any atom is -0.508 e. The summed E-state index contributed by atoms with van der Waals surface area (Å²) in [5.41, 5.74) is 0.0167. The van der Waals surface area contributed by atoms with Crippen molar-refractivity contribution < 1.29 is 14.6 Å². The smallest absolute Gasteiger partial charge is 0.336 e. The Balaban J connectivity index is 2.28. The van der Waals surface area contributed by atoms with Crippen LogP contribution >= 0.6 is 11.6 Å². The van der Waals surface area contributed by atoms with Crippen molar-refractivity contribution in [2.75, 3.05) is 12.0 Å². The molecule has 0 fully saturated rings. The normalized spacial score (nSPS) is 22.2. The first-order valence-corrected chi connectivity index (χ1v) is 7.73. The number of hydrogen-bond donors (Lipinski definition) is 2. The molecule has 1 unspecified atom stereocenters. The van der Waals surface area contributed by atoms with E-state index in [-0.39, 0.29) is 22.7 Å². The number of carbonyl (C=O) groups is 1. The van der Waals surface area contributed by atoms with Crippen LogP contribution < -0.4 is 4.90 Å². The zero-order chi connectivity index (χ0) is 18.4. The Morgan fingerprint density at radius 2 is 2.00 bits per heavy atom. The van der Waals surface area contributed by atoms with Crippen LogP contribution in [0.15, 0.2) is 58.9 Å². The van der Waals surface area contributed by atoms with Crippen molar-refractivity contribution in [1.29, 1.82) is 10.7 Å². The summed E-state index contributed by atoms with van der Waals surface area (Å²) in [6.45, 7) is 1.71. The maximum absolute atomic E-state index is 12.3. The van der Waals surface area contributed by atoms with Crippen molar-refractivity contribution in [3.63, 3.8) is 0 Å². The molecule has 6 nitrogen and oxygen atoms in total. The number of fused-ring (bicyclic) bond motifs is 1. The average molecular weight is 356 g/mol. The van der Waals surface area contributed by atoms with Crippen LogP contribution in [0.4, 0.5) is 5.69 Å². The largest absolute Gasteiger partial charge is 0.508 e. The van der Waals surface area contributed by atoms with E-state index in [1.165, 1.54) is 19.3 Å². The molecular formula is C18H14ClN3O3. The molecule has 1 aromatic rings. The summed E-state index contributed by atoms with van der Waals surface area (Å²) in [5.74, 6) is -0.889. The molecular weight excluding hydrogens is 342 g/mol. The summed E-state index contributed by atoms with van der Waals surface area (Å²) >= 11 is 5.94. The number of nitriles is 1. The van der Waals surface area contributed by atoms with Gasteiger partial charge in [0.25, 0.3) is 0 Å². The summed E-state index contributed by atoms with van der Waals surface area (Å²) in [4.78, 5) is 13.9. The molecule has 0 bridgehead atoms. The van der Waals surface area contributed by atoms with Gasteiger partial charge in [0.15, 0.2) is 0 Å². The van der Waals surface area contributed by atoms with E-state index in [0.717, 1.165) is 0 Å². The van der Waals surface area contributed by atoms with Gasteiger partial charge in [-0.15, -0.1) is 0 Å². The highest BCUT2D eigenvalue weighted by Gasteiger charge is 2.52. The monoisotopic (exact) mass is 355 g/mol. The molecule has 0 amide bonds. The van der Waals surface area contributed by atoms with E-state index in [9.17, 15) is 15.2 Å². The molecule has 2 N–H and O–H groups in total. The van der Waals surface area contributed by atoms with Gasteiger partial charge in [0.2, 0.25) is 0 Å². The van der Waals surface area contributed by atoms with Crippen LogP contribution in [0.5, 0.6) is 0 Å². The van der Waals surface area contributed by atoms with Crippen LogP contribution in [0.3, 0.4) is 0 Å². The van der Waals surface area contributed by atoms with E-state index in [2.05, 4.69) is 0 Å². The number of benzene rings is 1. The van der Waals surface area contributed by atoms with Gasteiger partial charge in [-0.1, -0.05) is 11.6 Å². The Morgan fingerprint density at radius 1 is 1.36 bits per heavy atom. The Morgan fingerprint density at radius 3 is 2.56 bits per heavy atom. The number of nitrogens with zero attached hydrogens (tertiary/aromatic N) is 2. The second kappa shape index (κ2) is 5.80. The molecule has 25 heavy (non-hydrogen) atoms. The summed E-state index contributed by atoms with van der Waals surface area (Å²) in [5, 5.41) is 28.5. The molecule has 1 atom stereocenters. The Hall–Kier alpha value is -3.04. The van der Waals surface area contributed by atoms with Gasteiger partial charge >= 0.3 is 5.97 Å². The number of methoxy groups -OCH3 is 1. The number of esters is 1. The highest BCUT2D eigenvalue weighted by molar-refractivity contribution is 6.30. The molecule has 0 aromatic heterocycles. The van der Waals surface area contributed by atoms with Crippen molar-refractivity contribution in [2.45, 2.75) is 12.5 Å². The average Bonchev–Trinajstić information content (AvgIpc) is 2.81. The topological polar surface area (TPSA) is 97.4 Å². The third-order valence-corrected chi connectivity index (χ3v) is 4.66. The van der Waals surface area contributed by atoms with Crippen molar-refractivity contribution in [3.05, 3.63) is 63.9 Å². The predicted molar refractivity (Wildman–Crippen MR) is 93.5 cm³/mol. The first-order valence-electron chi connectivity index (χ1n) is 7.35. The van der Waals surface area contributed by atoms with Crippen LogP contribution in [0.1, 0.15) is 6.92 Å². The second-order valence-corrected chi connectivity index (χ2v) is 6.19. The number of hydrogen-bond acceptors (Lipinski definition) is 5. The van der Waals surface area contributed by atoms with E-state index in [0.29, 0.717) is 16.3 Å². The first kappa shape index (κ1) is 16.8. The predicted octanol–water partition coefficient (Wildman–Crippen LogP) is 3.27. The maximum Gasteiger partial charge on any atom is 0.336 e. The number of halogens is 1. The number of carbonyl (C=O) groups excluding carboxylic acids is 1. The number of aliphatic hydroxyl groups excluding tert-OH is 1. The first-order chi connectivity index (χ1) is 11.8. The fourth-order valence-electron chi connectivity index (χ4n) is 3.24. The fraction of sp³-hybridized carbons (Fsp3) is 0.167. The molecule has 0 spiro atoms. The molecule has 0 saturated heterocycles. The highest BCUT2D eigenvalue weighted by Crippen LogP contribution is 2.47. The fourth-order valence-corrected chi connectivity index (χ4v) is 3.37. The van der Waals surface area contributed by atoms with E-state index in [4.69, 9.17) is 21.7 Å². The van der Waals surface area contributed by atoms with Crippen LogP contribution in [-0.4, -0.2) is 29.6 Å². The van der Waals surface area contributed by atoms with Crippen LogP contribution in [0.2, 0.25) is 5.02 Å². The SMILES string of the molecule is COC(=O)C1=CC(O)=CC2=C(C#N)C(=N)N(c3ccc(Cl)cc3)C12C. The standard InChI is InChI=1S/C18H14ClN3O3/c1-18-14(7-12(23)8-15(18)17(24)25-2)13(9-20)16(21)22(18)11-5-3-10(19)4-6-11/h3-8,21,23H,1-2H3. The molecule has 126 valence electrons. The van der Waals surface area contributed by atoms with Crippen LogP contribution in [-0.2, 0) is 9.53 Å². The van der Waals surface area contributed by atoms with Gasteiger partial charge in [0.05, 0.1) is 12.7 Å². The molecule has 1 aliphatic carbocycles. The molecule has 7 heteroatoms. The third-order valence-electron chi connectivity index (χ3n) is 4.41. The third kappa shape index (κ3) is 2.32. The van der Waals surface area contributed by atoms with Crippen LogP contribution in [0.25, 0.3) is 0 Å². The summed E-state index contributed by atoms with van der Waals surface area (Å²) in [6.07, 6.45) is 2.70. The maximum atomic E-state index is 12.3. The molecule has 0 radical (unpaired) electrons. The highest BCUT2D eigenvalue weighted by atomic mass is 35.5. The van der Waals surface area contributed by atoms with Gasteiger partial charge in [0.1, 0.15) is 28.8 Å². The summed E-state index contributed by atoms with van der Waals surface area (Å²) < 4.78 is 4.85. The molecule has 1 aliphatic heterocycles. The van der Waals surface area contributed by atoms with Gasteiger partial charge in [-0.3, -0.25) is 5.41 Å². The van der Waals surface area contributed by atoms with E-state index >= 15 is 0 Å². The lowest BCUT2D eigenvalue weighted by atomic mass is 9.79. The summed E-state index contributed by atoms with van der Waals surface area (Å²) in [6, 6.07) is 8.73. The lowest BCUT2D eigenvalue weighted by Gasteiger charge is -2.40. The number of rotatable bonds is 2. The molecule has 1 heterocycles. The number of nitrogens with one attached hydrogen (secondary N) is 1. The lowest BCUT2D eigenvalue weighted by Crippen LogP contribution is -2.50. The number of anilines is 1. The van der Waals surface area contributed by atoms with Gasteiger partial charge in [-0.25, -0.2) is 4.79 Å². The van der Waals surface area contributed by atoms with Crippen LogP contribution in [0, 0.1) is 16.7 Å². The number of amidine groups is 1. The lowest BCUT2D eigenvalue weighted by molar-refractivity contribution is -0.136. The number of allylic oxidation sites excluding steroid dienone is 1. The van der Waals surface area contributed by atoms with E-state index < -0.39 is 11.5 Å². The molecule has 2 aliphatic rings. The quantitative estimate of drug-likeness (QED) is 0.793. The zero-order valence-corrected chi connectivity index (χ0v) is 14.3. The molecule has 1 aromatic carbocycles. The minimum atomic E-state index is -1.16. The second-order valence-electron chi connectivity index (χ2n) is 5.75. The Kier molecular flexibility index (Phi) is 3.90. The van der Waals surface area contributed by atoms with Gasteiger partial charge in [0, 0.05) is 16.3 Å². The Bertz CT molecular complexity index is 922. The van der Waals surface area contributed by atoms with Gasteiger partial charge in [-0.05, 0) is 43.3 Å². The van der Waals surface area contributed by atoms with E-state index in [1.54, 1.807) is 36.1 Å². The number of ether oxygens (including phenoxy) is 1. The zero-order valence-electron chi connectivity index (χ0n) is 13.5.